The quantitative estimate of drug-likeness (QED) is 0.829. The van der Waals surface area contributed by atoms with E-state index in [1.807, 2.05) is 7.05 Å². The van der Waals surface area contributed by atoms with Gasteiger partial charge in [-0.15, -0.1) is 0 Å². The first-order valence-electron chi connectivity index (χ1n) is 10.6. The van der Waals surface area contributed by atoms with E-state index >= 15 is 4.39 Å². The summed E-state index contributed by atoms with van der Waals surface area (Å²) >= 11 is 0. The van der Waals surface area contributed by atoms with Crippen LogP contribution >= 0.6 is 0 Å². The third kappa shape index (κ3) is 4.53. The number of likely N-dealkylation sites (tertiary alicyclic amines) is 1. The molecule has 2 aromatic rings. The number of alkyl halides is 1. The molecule has 0 radical (unpaired) electrons. The molecule has 1 aromatic carbocycles. The van der Waals surface area contributed by atoms with Gasteiger partial charge in [-0.25, -0.2) is 18.7 Å². The van der Waals surface area contributed by atoms with Crippen molar-refractivity contribution in [2.75, 3.05) is 38.1 Å². The average Bonchev–Trinajstić information content (AvgIpc) is 2.70. The van der Waals surface area contributed by atoms with Crippen LogP contribution < -0.4 is 10.2 Å². The molecule has 0 unspecified atom stereocenters. The summed E-state index contributed by atoms with van der Waals surface area (Å²) < 4.78 is 29.2. The molecule has 1 N–H and O–H groups in total. The molecule has 162 valence electrons. The highest BCUT2D eigenvalue weighted by Gasteiger charge is 2.37. The lowest BCUT2D eigenvalue weighted by molar-refractivity contribution is -0.125. The fourth-order valence-corrected chi connectivity index (χ4v) is 4.72. The molecule has 6 nitrogen and oxygen atoms in total. The van der Waals surface area contributed by atoms with Gasteiger partial charge in [-0.1, -0.05) is 6.92 Å². The third-order valence-electron chi connectivity index (χ3n) is 6.33. The molecule has 1 amide bonds. The molecule has 3 heterocycles. The van der Waals surface area contributed by atoms with Gasteiger partial charge in [0, 0.05) is 49.5 Å². The summed E-state index contributed by atoms with van der Waals surface area (Å²) in [6, 6.07) is 3.08. The average molecular weight is 418 g/mol. The van der Waals surface area contributed by atoms with Crippen LogP contribution in [-0.2, 0) is 4.79 Å². The molecule has 2 atom stereocenters. The van der Waals surface area contributed by atoms with Gasteiger partial charge in [0.05, 0.1) is 6.42 Å². The second-order valence-electron chi connectivity index (χ2n) is 8.99. The van der Waals surface area contributed by atoms with Gasteiger partial charge in [-0.3, -0.25) is 4.79 Å². The number of carbonyl (C=O) groups excluding carboxylic acids is 1. The Morgan fingerprint density at radius 2 is 2.07 bits per heavy atom. The van der Waals surface area contributed by atoms with Crippen LogP contribution in [0.1, 0.15) is 32.6 Å². The van der Waals surface area contributed by atoms with Gasteiger partial charge in [0.1, 0.15) is 23.3 Å². The lowest BCUT2D eigenvalue weighted by Crippen LogP contribution is -2.52. The number of anilines is 1. The number of amides is 1. The normalized spacial score (nSPS) is 24.7. The van der Waals surface area contributed by atoms with Crippen LogP contribution in [0.15, 0.2) is 24.7 Å². The molecule has 2 fully saturated rings. The predicted octanol–water partition coefficient (Wildman–Crippen LogP) is 2.92. The van der Waals surface area contributed by atoms with Gasteiger partial charge >= 0.3 is 0 Å². The lowest BCUT2D eigenvalue weighted by atomic mass is 9.89. The summed E-state index contributed by atoms with van der Waals surface area (Å²) in [5.74, 6) is -0.276. The summed E-state index contributed by atoms with van der Waals surface area (Å²) in [5.41, 5.74) is -0.265. The van der Waals surface area contributed by atoms with E-state index in [1.165, 1.54) is 12.4 Å². The second kappa shape index (κ2) is 8.41. The molecule has 0 spiro atoms. The molecule has 2 saturated heterocycles. The van der Waals surface area contributed by atoms with Gasteiger partial charge in [0.25, 0.3) is 0 Å². The molecule has 30 heavy (non-hydrogen) atoms. The van der Waals surface area contributed by atoms with Crippen molar-refractivity contribution in [3.8, 4) is 0 Å². The molecular formula is C22H29F2N5O. The highest BCUT2D eigenvalue weighted by molar-refractivity contribution is 5.91. The zero-order valence-electron chi connectivity index (χ0n) is 17.6. The van der Waals surface area contributed by atoms with Crippen LogP contribution in [-0.4, -0.2) is 65.7 Å². The smallest absolute Gasteiger partial charge is 0.223 e. The van der Waals surface area contributed by atoms with Crippen LogP contribution in [0.2, 0.25) is 0 Å². The van der Waals surface area contributed by atoms with Crippen molar-refractivity contribution in [2.45, 2.75) is 44.3 Å². The molecular weight excluding hydrogens is 388 g/mol. The summed E-state index contributed by atoms with van der Waals surface area (Å²) in [4.78, 5) is 25.0. The number of nitrogens with one attached hydrogen (secondary N) is 1. The molecule has 1 aromatic heterocycles. The maximum absolute atomic E-state index is 15.0. The first kappa shape index (κ1) is 20.9. The standard InChI is InChI=1S/C22H29F2N5O/c1-15-9-16(27-20(30)10-22(24)5-7-28(2)8-6-22)13-29(12-15)19-4-3-18(23)21-17(19)11-25-14-26-21/h3-4,11,14-16H,5-10,12-13H2,1-2H3,(H,27,30)/t15-,16+/m0/s1. The van der Waals surface area contributed by atoms with E-state index in [0.29, 0.717) is 49.3 Å². The molecule has 0 bridgehead atoms. The van der Waals surface area contributed by atoms with E-state index in [0.717, 1.165) is 18.7 Å². The zero-order valence-corrected chi connectivity index (χ0v) is 17.6. The third-order valence-corrected chi connectivity index (χ3v) is 6.33. The Morgan fingerprint density at radius 3 is 2.83 bits per heavy atom. The monoisotopic (exact) mass is 417 g/mol. The number of hydrogen-bond donors (Lipinski definition) is 1. The minimum atomic E-state index is -1.42. The Morgan fingerprint density at radius 1 is 1.30 bits per heavy atom. The molecule has 2 aliphatic heterocycles. The number of benzene rings is 1. The molecule has 4 rings (SSSR count). The van der Waals surface area contributed by atoms with E-state index in [9.17, 15) is 9.18 Å². The van der Waals surface area contributed by atoms with E-state index in [-0.39, 0.29) is 24.2 Å². The van der Waals surface area contributed by atoms with Crippen LogP contribution in [0.5, 0.6) is 0 Å². The van der Waals surface area contributed by atoms with Gasteiger partial charge in [-0.2, -0.15) is 0 Å². The summed E-state index contributed by atoms with van der Waals surface area (Å²) in [7, 11) is 1.97. The number of nitrogens with zero attached hydrogens (tertiary/aromatic N) is 4. The summed E-state index contributed by atoms with van der Waals surface area (Å²) in [6.45, 7) is 4.87. The van der Waals surface area contributed by atoms with Crippen LogP contribution in [0.4, 0.5) is 14.5 Å². The number of rotatable bonds is 4. The lowest BCUT2D eigenvalue weighted by Gasteiger charge is -2.39. The minimum Gasteiger partial charge on any atom is -0.369 e. The van der Waals surface area contributed by atoms with Crippen LogP contribution in [0.3, 0.4) is 0 Å². The largest absolute Gasteiger partial charge is 0.369 e. The number of aromatic nitrogens is 2. The Bertz CT molecular complexity index is 916. The number of piperidine rings is 2. The predicted molar refractivity (Wildman–Crippen MR) is 113 cm³/mol. The van der Waals surface area contributed by atoms with Gasteiger partial charge in [-0.05, 0) is 44.4 Å². The van der Waals surface area contributed by atoms with Crippen molar-refractivity contribution < 1.29 is 13.6 Å². The highest BCUT2D eigenvalue weighted by Crippen LogP contribution is 2.32. The van der Waals surface area contributed by atoms with Crippen molar-refractivity contribution in [3.63, 3.8) is 0 Å². The van der Waals surface area contributed by atoms with Crippen molar-refractivity contribution in [1.82, 2.24) is 20.2 Å². The SMILES string of the molecule is C[C@H]1C[C@@H](NC(=O)CC2(F)CCN(C)CC2)CN(c2ccc(F)c3ncncc23)C1. The molecule has 0 saturated carbocycles. The second-order valence-corrected chi connectivity index (χ2v) is 8.99. The Labute approximate surface area is 175 Å². The first-order valence-corrected chi connectivity index (χ1v) is 10.6. The van der Waals surface area contributed by atoms with E-state index < -0.39 is 5.67 Å². The number of fused-ring (bicyclic) bond motifs is 1. The van der Waals surface area contributed by atoms with Crippen LogP contribution in [0, 0.1) is 11.7 Å². The maximum atomic E-state index is 15.0. The van der Waals surface area contributed by atoms with Crippen molar-refractivity contribution in [2.24, 2.45) is 5.92 Å². The minimum absolute atomic E-state index is 0.0825. The van der Waals surface area contributed by atoms with E-state index in [2.05, 4.69) is 32.0 Å². The topological polar surface area (TPSA) is 61.4 Å². The van der Waals surface area contributed by atoms with Crippen molar-refractivity contribution >= 4 is 22.5 Å². The van der Waals surface area contributed by atoms with Crippen molar-refractivity contribution in [1.29, 1.82) is 0 Å². The van der Waals surface area contributed by atoms with Gasteiger partial charge in [0.15, 0.2) is 0 Å². The maximum Gasteiger partial charge on any atom is 0.223 e. The molecule has 0 aliphatic carbocycles. The highest BCUT2D eigenvalue weighted by atomic mass is 19.1. The van der Waals surface area contributed by atoms with Crippen LogP contribution in [0.25, 0.3) is 10.9 Å². The fraction of sp³-hybridized carbons (Fsp3) is 0.591. The summed E-state index contributed by atoms with van der Waals surface area (Å²) in [6.07, 6.45) is 4.50. The first-order chi connectivity index (χ1) is 14.3. The van der Waals surface area contributed by atoms with Gasteiger partial charge < -0.3 is 15.1 Å². The van der Waals surface area contributed by atoms with E-state index in [1.54, 1.807) is 12.3 Å². The molecule has 8 heteroatoms. The number of carbonyl (C=O) groups is 1. The zero-order chi connectivity index (χ0) is 21.3. The summed E-state index contributed by atoms with van der Waals surface area (Å²) in [5, 5.41) is 3.71. The fourth-order valence-electron chi connectivity index (χ4n) is 4.72. The van der Waals surface area contributed by atoms with Crippen molar-refractivity contribution in [3.05, 3.63) is 30.5 Å². The Hall–Kier alpha value is -2.35. The number of hydrogen-bond acceptors (Lipinski definition) is 5. The van der Waals surface area contributed by atoms with Gasteiger partial charge in [0.2, 0.25) is 5.91 Å². The Balaban J connectivity index is 1.45. The van der Waals surface area contributed by atoms with E-state index in [4.69, 9.17) is 0 Å². The Kier molecular flexibility index (Phi) is 5.86. The number of halogens is 2. The molecule has 2 aliphatic rings.